The lowest BCUT2D eigenvalue weighted by Gasteiger charge is -2.23. The van der Waals surface area contributed by atoms with E-state index in [1.165, 1.54) is 4.68 Å². The topological polar surface area (TPSA) is 70.5 Å². The lowest BCUT2D eigenvalue weighted by atomic mass is 10.1. The van der Waals surface area contributed by atoms with Crippen molar-refractivity contribution in [1.82, 2.24) is 14.7 Å². The third kappa shape index (κ3) is 4.99. The Morgan fingerprint density at radius 1 is 0.844 bits per heavy atom. The second-order valence-corrected chi connectivity index (χ2v) is 8.41. The largest absolute Gasteiger partial charge is 0.353 e. The zero-order valence-electron chi connectivity index (χ0n) is 18.8. The minimum atomic E-state index is -0.165. The van der Waals surface area contributed by atoms with Crippen LogP contribution in [-0.4, -0.2) is 46.9 Å². The average molecular weight is 432 g/mol. The van der Waals surface area contributed by atoms with E-state index in [4.69, 9.17) is 0 Å². The monoisotopic (exact) mass is 431 g/mol. The summed E-state index contributed by atoms with van der Waals surface area (Å²) in [6, 6.07) is 17.0. The highest BCUT2D eigenvalue weighted by molar-refractivity contribution is 5.89. The van der Waals surface area contributed by atoms with Gasteiger partial charge in [0.15, 0.2) is 0 Å². The quantitative estimate of drug-likeness (QED) is 0.683. The van der Waals surface area contributed by atoms with Crippen LogP contribution in [0.3, 0.4) is 0 Å². The summed E-state index contributed by atoms with van der Waals surface area (Å²) in [5, 5.41) is 7.63. The van der Waals surface area contributed by atoms with Gasteiger partial charge in [0.2, 0.25) is 0 Å². The van der Waals surface area contributed by atoms with Crippen molar-refractivity contribution in [1.29, 1.82) is 0 Å². The Bertz CT molecular complexity index is 1150. The van der Waals surface area contributed by atoms with Crippen LogP contribution in [0.15, 0.2) is 59.4 Å². The smallest absolute Gasteiger partial charge is 0.321 e. The highest BCUT2D eigenvalue weighted by Gasteiger charge is 2.21. The number of nitrogens with one attached hydrogen (secondary N) is 1. The number of hydrogen-bond acceptors (Lipinski definition) is 4. The van der Waals surface area contributed by atoms with E-state index in [0.717, 1.165) is 46.8 Å². The Hall–Kier alpha value is -3.61. The first-order chi connectivity index (χ1) is 15.4. The predicted molar refractivity (Wildman–Crippen MR) is 128 cm³/mol. The number of carbonyl (C=O) groups is 1. The van der Waals surface area contributed by atoms with E-state index < -0.39 is 0 Å². The highest BCUT2D eigenvalue weighted by Crippen LogP contribution is 2.17. The highest BCUT2D eigenvalue weighted by atomic mass is 16.2. The Balaban J connectivity index is 1.46. The zero-order chi connectivity index (χ0) is 22.7. The Morgan fingerprint density at radius 3 is 2.28 bits per heavy atom. The number of carbonyl (C=O) groups excluding carboxylic acids is 1. The first-order valence-corrected chi connectivity index (χ1v) is 11.0. The molecule has 0 aliphatic carbocycles. The van der Waals surface area contributed by atoms with Gasteiger partial charge in [-0.2, -0.15) is 4.68 Å². The van der Waals surface area contributed by atoms with Crippen molar-refractivity contribution >= 4 is 17.5 Å². The predicted octanol–water partition coefficient (Wildman–Crippen LogP) is 3.90. The van der Waals surface area contributed by atoms with Gasteiger partial charge in [0.1, 0.15) is 5.82 Å². The van der Waals surface area contributed by atoms with E-state index in [2.05, 4.69) is 21.4 Å². The van der Waals surface area contributed by atoms with Crippen LogP contribution in [0.1, 0.15) is 23.1 Å². The lowest BCUT2D eigenvalue weighted by Crippen LogP contribution is -2.38. The summed E-state index contributed by atoms with van der Waals surface area (Å²) in [6.07, 6.45) is 0.825. The van der Waals surface area contributed by atoms with Crippen molar-refractivity contribution in [2.24, 2.45) is 0 Å². The number of nitrogens with zero attached hydrogens (tertiary/aromatic N) is 4. The summed E-state index contributed by atoms with van der Waals surface area (Å²) in [6.45, 7) is 8.74. The second-order valence-electron chi connectivity index (χ2n) is 8.41. The minimum Gasteiger partial charge on any atom is -0.353 e. The molecule has 4 rings (SSSR count). The van der Waals surface area contributed by atoms with Gasteiger partial charge in [-0.1, -0.05) is 23.8 Å². The molecule has 0 atom stereocenters. The molecule has 2 aromatic carbocycles. The molecule has 0 spiro atoms. The average Bonchev–Trinajstić information content (AvgIpc) is 3.00. The van der Waals surface area contributed by atoms with Crippen LogP contribution < -0.4 is 15.8 Å². The van der Waals surface area contributed by atoms with Gasteiger partial charge in [-0.15, -0.1) is 5.10 Å². The molecule has 1 aliphatic rings. The molecule has 0 radical (unpaired) electrons. The molecule has 7 nitrogen and oxygen atoms in total. The van der Waals surface area contributed by atoms with E-state index in [1.54, 1.807) is 12.1 Å². The summed E-state index contributed by atoms with van der Waals surface area (Å²) in [5.74, 6) is 0.738. The first kappa shape index (κ1) is 21.6. The second kappa shape index (κ2) is 9.26. The summed E-state index contributed by atoms with van der Waals surface area (Å²) >= 11 is 0. The van der Waals surface area contributed by atoms with Crippen molar-refractivity contribution in [2.75, 3.05) is 36.4 Å². The van der Waals surface area contributed by atoms with Gasteiger partial charge in [-0.05, 0) is 68.7 Å². The van der Waals surface area contributed by atoms with Crippen molar-refractivity contribution in [3.05, 3.63) is 81.6 Å². The molecule has 0 unspecified atom stereocenters. The van der Waals surface area contributed by atoms with Crippen LogP contribution in [0.4, 0.5) is 16.3 Å². The summed E-state index contributed by atoms with van der Waals surface area (Å²) in [4.78, 5) is 29.2. The fourth-order valence-corrected chi connectivity index (χ4v) is 4.04. The number of hydrogen-bond donors (Lipinski definition) is 1. The van der Waals surface area contributed by atoms with Crippen molar-refractivity contribution in [3.8, 4) is 5.69 Å². The van der Waals surface area contributed by atoms with Crippen LogP contribution in [0.2, 0.25) is 0 Å². The third-order valence-corrected chi connectivity index (χ3v) is 5.64. The summed E-state index contributed by atoms with van der Waals surface area (Å²) in [7, 11) is 0. The molecule has 0 bridgehead atoms. The van der Waals surface area contributed by atoms with Crippen LogP contribution >= 0.6 is 0 Å². The molecule has 3 aromatic rings. The van der Waals surface area contributed by atoms with E-state index >= 15 is 0 Å². The molecular weight excluding hydrogens is 402 g/mol. The molecule has 1 saturated heterocycles. The molecule has 1 fully saturated rings. The molecule has 2 heterocycles. The SMILES string of the molecule is Cc1ccc(-n2nc(N3CCCN(C(=O)Nc4cc(C)cc(C)c4)CC3)ccc2=O)cc1. The number of rotatable bonds is 3. The van der Waals surface area contributed by atoms with Crippen LogP contribution in [-0.2, 0) is 0 Å². The number of amides is 2. The standard InChI is InChI=1S/C25H29N5O2/c1-18-5-7-22(8-6-18)30-24(31)10-9-23(27-30)28-11-4-12-29(14-13-28)25(32)26-21-16-19(2)15-20(3)17-21/h5-10,15-17H,4,11-14H2,1-3H3,(H,26,32). The van der Waals surface area contributed by atoms with Gasteiger partial charge in [-0.3, -0.25) is 4.79 Å². The number of aryl methyl sites for hydroxylation is 3. The minimum absolute atomic E-state index is 0.0885. The number of anilines is 2. The number of aromatic nitrogens is 2. The van der Waals surface area contributed by atoms with Crippen LogP contribution in [0.5, 0.6) is 0 Å². The molecule has 1 N–H and O–H groups in total. The Labute approximate surface area is 188 Å². The fourth-order valence-electron chi connectivity index (χ4n) is 4.04. The van der Waals surface area contributed by atoms with Crippen LogP contribution in [0.25, 0.3) is 5.69 Å². The molecule has 7 heteroatoms. The van der Waals surface area contributed by atoms with Gasteiger partial charge in [0, 0.05) is 37.9 Å². The maximum atomic E-state index is 12.8. The first-order valence-electron chi connectivity index (χ1n) is 11.0. The van der Waals surface area contributed by atoms with Gasteiger partial charge in [0.25, 0.3) is 5.56 Å². The lowest BCUT2D eigenvalue weighted by molar-refractivity contribution is 0.215. The third-order valence-electron chi connectivity index (χ3n) is 5.64. The zero-order valence-corrected chi connectivity index (χ0v) is 18.8. The van der Waals surface area contributed by atoms with Crippen molar-refractivity contribution in [3.63, 3.8) is 0 Å². The molecular formula is C25H29N5O2. The van der Waals surface area contributed by atoms with E-state index in [-0.39, 0.29) is 11.6 Å². The maximum absolute atomic E-state index is 12.8. The summed E-state index contributed by atoms with van der Waals surface area (Å²) in [5.41, 5.74) is 4.77. The van der Waals surface area contributed by atoms with E-state index in [9.17, 15) is 9.59 Å². The normalized spacial score (nSPS) is 14.2. The van der Waals surface area contributed by atoms with Gasteiger partial charge in [-0.25, -0.2) is 4.79 Å². The van der Waals surface area contributed by atoms with Crippen molar-refractivity contribution < 1.29 is 4.79 Å². The van der Waals surface area contributed by atoms with E-state index in [1.807, 2.05) is 62.1 Å². The molecule has 32 heavy (non-hydrogen) atoms. The molecule has 0 saturated carbocycles. The molecule has 2 amide bonds. The van der Waals surface area contributed by atoms with E-state index in [0.29, 0.717) is 19.6 Å². The fraction of sp³-hybridized carbons (Fsp3) is 0.320. The Kier molecular flexibility index (Phi) is 6.25. The van der Waals surface area contributed by atoms with Gasteiger partial charge in [0.05, 0.1) is 5.69 Å². The maximum Gasteiger partial charge on any atom is 0.321 e. The number of urea groups is 1. The van der Waals surface area contributed by atoms with Crippen LogP contribution in [0, 0.1) is 20.8 Å². The number of benzene rings is 2. The molecule has 1 aromatic heterocycles. The summed E-state index contributed by atoms with van der Waals surface area (Å²) < 4.78 is 1.43. The van der Waals surface area contributed by atoms with Gasteiger partial charge >= 0.3 is 6.03 Å². The Morgan fingerprint density at radius 2 is 1.56 bits per heavy atom. The van der Waals surface area contributed by atoms with Gasteiger partial charge < -0.3 is 15.1 Å². The van der Waals surface area contributed by atoms with Crippen molar-refractivity contribution in [2.45, 2.75) is 27.2 Å². The molecule has 166 valence electrons. The molecule has 1 aliphatic heterocycles.